The fraction of sp³-hybridized carbons (Fsp3) is 0.200. The molecule has 2 N–H and O–H groups in total. The number of esters is 1. The van der Waals surface area contributed by atoms with E-state index >= 15 is 0 Å². The van der Waals surface area contributed by atoms with Gasteiger partial charge in [-0.2, -0.15) is 0 Å². The van der Waals surface area contributed by atoms with Crippen molar-refractivity contribution >= 4 is 28.5 Å². The number of benzene rings is 2. The normalized spacial score (nSPS) is 10.1. The minimum absolute atomic E-state index is 0.146. The predicted octanol–water partition coefficient (Wildman–Crippen LogP) is 2.52. The number of nitrogens with one attached hydrogen (secondary N) is 2. The lowest BCUT2D eigenvalue weighted by molar-refractivity contribution is -0.141. The standard InChI is InChI=1S/C15H16N2O3/c1-2-20-14(18)10-16-15(19)17-13-8-7-11-5-3-4-6-12(11)9-13/h3-9H,2,10H2,1H3,(H2,16,17,19). The summed E-state index contributed by atoms with van der Waals surface area (Å²) in [4.78, 5) is 22.7. The summed E-state index contributed by atoms with van der Waals surface area (Å²) in [5, 5.41) is 7.25. The number of rotatable bonds is 4. The fourth-order valence-corrected chi connectivity index (χ4v) is 1.81. The van der Waals surface area contributed by atoms with Crippen molar-refractivity contribution in [2.45, 2.75) is 6.92 Å². The van der Waals surface area contributed by atoms with Crippen LogP contribution in [-0.2, 0) is 9.53 Å². The number of fused-ring (bicyclic) bond motifs is 1. The first-order valence-corrected chi connectivity index (χ1v) is 6.38. The summed E-state index contributed by atoms with van der Waals surface area (Å²) in [6.45, 7) is 1.87. The molecule has 5 heteroatoms. The zero-order valence-electron chi connectivity index (χ0n) is 11.2. The Morgan fingerprint density at radius 1 is 1.10 bits per heavy atom. The number of carbonyl (C=O) groups excluding carboxylic acids is 2. The van der Waals surface area contributed by atoms with Crippen LogP contribution in [0.4, 0.5) is 10.5 Å². The molecule has 20 heavy (non-hydrogen) atoms. The molecule has 5 nitrogen and oxygen atoms in total. The molecule has 2 aromatic carbocycles. The average molecular weight is 272 g/mol. The highest BCUT2D eigenvalue weighted by atomic mass is 16.5. The molecule has 0 aliphatic carbocycles. The van der Waals surface area contributed by atoms with Gasteiger partial charge in [0.25, 0.3) is 0 Å². The molecular formula is C15H16N2O3. The smallest absolute Gasteiger partial charge is 0.325 e. The monoisotopic (exact) mass is 272 g/mol. The molecule has 0 bridgehead atoms. The van der Waals surface area contributed by atoms with E-state index in [2.05, 4.69) is 10.6 Å². The molecule has 0 heterocycles. The fourth-order valence-electron chi connectivity index (χ4n) is 1.81. The van der Waals surface area contributed by atoms with Crippen LogP contribution in [0.2, 0.25) is 0 Å². The van der Waals surface area contributed by atoms with Crippen molar-refractivity contribution in [3.63, 3.8) is 0 Å². The van der Waals surface area contributed by atoms with Crippen LogP contribution in [0, 0.1) is 0 Å². The number of anilines is 1. The largest absolute Gasteiger partial charge is 0.465 e. The molecule has 0 aromatic heterocycles. The molecule has 0 aliphatic heterocycles. The minimum Gasteiger partial charge on any atom is -0.465 e. The van der Waals surface area contributed by atoms with Crippen molar-refractivity contribution in [2.75, 3.05) is 18.5 Å². The summed E-state index contributed by atoms with van der Waals surface area (Å²) in [6.07, 6.45) is 0. The lowest BCUT2D eigenvalue weighted by Gasteiger charge is -2.08. The molecule has 0 saturated heterocycles. The topological polar surface area (TPSA) is 67.4 Å². The molecule has 0 fully saturated rings. The van der Waals surface area contributed by atoms with Gasteiger partial charge in [0.05, 0.1) is 6.61 Å². The maximum absolute atomic E-state index is 11.6. The Hall–Kier alpha value is -2.56. The average Bonchev–Trinajstić information content (AvgIpc) is 2.45. The number of carbonyl (C=O) groups is 2. The maximum Gasteiger partial charge on any atom is 0.325 e. The van der Waals surface area contributed by atoms with Crippen molar-refractivity contribution in [3.8, 4) is 0 Å². The van der Waals surface area contributed by atoms with Gasteiger partial charge in [-0.3, -0.25) is 4.79 Å². The van der Waals surface area contributed by atoms with Gasteiger partial charge in [0.15, 0.2) is 0 Å². The second-order valence-corrected chi connectivity index (χ2v) is 4.17. The minimum atomic E-state index is -0.457. The van der Waals surface area contributed by atoms with Crippen molar-refractivity contribution in [1.29, 1.82) is 0 Å². The van der Waals surface area contributed by atoms with Crippen molar-refractivity contribution in [2.24, 2.45) is 0 Å². The third kappa shape index (κ3) is 3.71. The number of amides is 2. The van der Waals surface area contributed by atoms with Crippen molar-refractivity contribution < 1.29 is 14.3 Å². The third-order valence-electron chi connectivity index (χ3n) is 2.71. The van der Waals surface area contributed by atoms with Gasteiger partial charge in [-0.25, -0.2) is 4.79 Å². The van der Waals surface area contributed by atoms with Gasteiger partial charge < -0.3 is 15.4 Å². The number of hydrogen-bond acceptors (Lipinski definition) is 3. The van der Waals surface area contributed by atoms with E-state index in [1.54, 1.807) is 6.92 Å². The molecule has 2 amide bonds. The molecule has 0 aliphatic rings. The van der Waals surface area contributed by atoms with E-state index in [9.17, 15) is 9.59 Å². The van der Waals surface area contributed by atoms with Crippen molar-refractivity contribution in [3.05, 3.63) is 42.5 Å². The number of ether oxygens (including phenoxy) is 1. The molecule has 0 atom stereocenters. The van der Waals surface area contributed by atoms with E-state index < -0.39 is 12.0 Å². The van der Waals surface area contributed by atoms with Gasteiger partial charge >= 0.3 is 12.0 Å². The van der Waals surface area contributed by atoms with Crippen LogP contribution in [0.1, 0.15) is 6.92 Å². The first-order valence-electron chi connectivity index (χ1n) is 6.38. The molecule has 2 rings (SSSR count). The van der Waals surface area contributed by atoms with Crippen molar-refractivity contribution in [1.82, 2.24) is 5.32 Å². The van der Waals surface area contributed by atoms with E-state index in [4.69, 9.17) is 4.74 Å². The van der Waals surface area contributed by atoms with Crippen LogP contribution in [0.3, 0.4) is 0 Å². The van der Waals surface area contributed by atoms with E-state index in [1.807, 2.05) is 42.5 Å². The lowest BCUT2D eigenvalue weighted by Crippen LogP contribution is -2.34. The molecule has 0 saturated carbocycles. The van der Waals surface area contributed by atoms with Gasteiger partial charge in [0.1, 0.15) is 6.54 Å². The Morgan fingerprint density at radius 2 is 1.85 bits per heavy atom. The Morgan fingerprint density at radius 3 is 2.60 bits per heavy atom. The first-order chi connectivity index (χ1) is 9.69. The summed E-state index contributed by atoms with van der Waals surface area (Å²) < 4.78 is 4.72. The van der Waals surface area contributed by atoms with Gasteiger partial charge in [-0.15, -0.1) is 0 Å². The zero-order valence-corrected chi connectivity index (χ0v) is 11.2. The number of urea groups is 1. The van der Waals surface area contributed by atoms with E-state index in [0.29, 0.717) is 12.3 Å². The quantitative estimate of drug-likeness (QED) is 0.840. The molecular weight excluding hydrogens is 256 g/mol. The van der Waals surface area contributed by atoms with Crippen LogP contribution < -0.4 is 10.6 Å². The highest BCUT2D eigenvalue weighted by Crippen LogP contribution is 2.18. The van der Waals surface area contributed by atoms with Gasteiger partial charge in [0.2, 0.25) is 0 Å². The van der Waals surface area contributed by atoms with Crippen LogP contribution in [0.25, 0.3) is 10.8 Å². The lowest BCUT2D eigenvalue weighted by atomic mass is 10.1. The molecule has 2 aromatic rings. The van der Waals surface area contributed by atoms with Gasteiger partial charge in [-0.1, -0.05) is 30.3 Å². The maximum atomic E-state index is 11.6. The van der Waals surface area contributed by atoms with E-state index in [-0.39, 0.29) is 6.54 Å². The summed E-state index contributed by atoms with van der Waals surface area (Å²) >= 11 is 0. The summed E-state index contributed by atoms with van der Waals surface area (Å²) in [5.41, 5.74) is 0.671. The molecule has 104 valence electrons. The SMILES string of the molecule is CCOC(=O)CNC(=O)Nc1ccc2ccccc2c1. The third-order valence-corrected chi connectivity index (χ3v) is 2.71. The summed E-state index contributed by atoms with van der Waals surface area (Å²) in [6, 6.07) is 13.0. The molecule has 0 radical (unpaired) electrons. The predicted molar refractivity (Wildman–Crippen MR) is 77.6 cm³/mol. The summed E-state index contributed by atoms with van der Waals surface area (Å²) in [5.74, 6) is -0.457. The van der Waals surface area contributed by atoms with Crippen LogP contribution >= 0.6 is 0 Å². The highest BCUT2D eigenvalue weighted by molar-refractivity contribution is 5.94. The van der Waals surface area contributed by atoms with Crippen LogP contribution in [0.15, 0.2) is 42.5 Å². The Bertz CT molecular complexity index is 625. The van der Waals surface area contributed by atoms with Gasteiger partial charge in [-0.05, 0) is 29.8 Å². The Balaban J connectivity index is 1.94. The van der Waals surface area contributed by atoms with Crippen LogP contribution in [-0.4, -0.2) is 25.2 Å². The molecule has 0 spiro atoms. The number of hydrogen-bond donors (Lipinski definition) is 2. The van der Waals surface area contributed by atoms with Crippen LogP contribution in [0.5, 0.6) is 0 Å². The Labute approximate surface area is 116 Å². The Kier molecular flexibility index (Phi) is 4.55. The summed E-state index contributed by atoms with van der Waals surface area (Å²) in [7, 11) is 0. The second-order valence-electron chi connectivity index (χ2n) is 4.17. The van der Waals surface area contributed by atoms with E-state index in [1.165, 1.54) is 0 Å². The highest BCUT2D eigenvalue weighted by Gasteiger charge is 2.06. The first kappa shape index (κ1) is 13.9. The molecule has 0 unspecified atom stereocenters. The zero-order chi connectivity index (χ0) is 14.4. The van der Waals surface area contributed by atoms with E-state index in [0.717, 1.165) is 10.8 Å². The second kappa shape index (κ2) is 6.56. The van der Waals surface area contributed by atoms with Gasteiger partial charge in [0, 0.05) is 5.69 Å².